The molecular weight excluding hydrogens is 376 g/mol. The molecule has 3 aromatic rings. The fourth-order valence-corrected chi connectivity index (χ4v) is 2.32. The molecular formula is C17H13BrN2O4. The molecule has 2 heterocycles. The standard InChI is InChI=1S/C17H13BrN2O4/c18-15-8-7-14(24-15)17(22)20-12-5-3-11(4-6-12)16(21)19-10-13-2-1-9-23-13/h1-9H,10H2,(H,19,21)(H,20,22). The summed E-state index contributed by atoms with van der Waals surface area (Å²) in [4.78, 5) is 24.0. The van der Waals surface area contributed by atoms with Crippen LogP contribution in [0.2, 0.25) is 0 Å². The Balaban J connectivity index is 1.58. The van der Waals surface area contributed by atoms with Gasteiger partial charge in [-0.3, -0.25) is 9.59 Å². The maximum Gasteiger partial charge on any atom is 0.291 e. The van der Waals surface area contributed by atoms with Gasteiger partial charge in [-0.2, -0.15) is 0 Å². The molecule has 122 valence electrons. The summed E-state index contributed by atoms with van der Waals surface area (Å²) >= 11 is 3.14. The Bertz CT molecular complexity index is 838. The predicted octanol–water partition coefficient (Wildman–Crippen LogP) is 3.82. The topological polar surface area (TPSA) is 84.5 Å². The number of hydrogen-bond donors (Lipinski definition) is 2. The van der Waals surface area contributed by atoms with Gasteiger partial charge < -0.3 is 19.5 Å². The molecule has 0 saturated carbocycles. The first-order chi connectivity index (χ1) is 11.6. The van der Waals surface area contributed by atoms with Crippen molar-refractivity contribution in [3.63, 3.8) is 0 Å². The summed E-state index contributed by atoms with van der Waals surface area (Å²) in [6.45, 7) is 0.317. The zero-order chi connectivity index (χ0) is 16.9. The molecule has 3 rings (SSSR count). The van der Waals surface area contributed by atoms with Crippen molar-refractivity contribution >= 4 is 33.4 Å². The molecule has 0 aliphatic carbocycles. The second-order valence-corrected chi connectivity index (χ2v) is 5.68. The Hall–Kier alpha value is -2.80. The van der Waals surface area contributed by atoms with Gasteiger partial charge in [0.05, 0.1) is 12.8 Å². The lowest BCUT2D eigenvalue weighted by molar-refractivity contribution is 0.0947. The lowest BCUT2D eigenvalue weighted by atomic mass is 10.2. The van der Waals surface area contributed by atoms with Crippen molar-refractivity contribution in [2.24, 2.45) is 0 Å². The van der Waals surface area contributed by atoms with E-state index in [1.165, 1.54) is 0 Å². The smallest absolute Gasteiger partial charge is 0.291 e. The van der Waals surface area contributed by atoms with Crippen LogP contribution in [0.3, 0.4) is 0 Å². The number of rotatable bonds is 5. The van der Waals surface area contributed by atoms with Crippen molar-refractivity contribution in [1.82, 2.24) is 5.32 Å². The van der Waals surface area contributed by atoms with Crippen molar-refractivity contribution < 1.29 is 18.4 Å². The number of furan rings is 2. The molecule has 0 atom stereocenters. The number of anilines is 1. The Morgan fingerprint density at radius 2 is 1.79 bits per heavy atom. The molecule has 7 heteroatoms. The Morgan fingerprint density at radius 3 is 2.42 bits per heavy atom. The highest BCUT2D eigenvalue weighted by Crippen LogP contribution is 2.16. The lowest BCUT2D eigenvalue weighted by Gasteiger charge is -2.06. The third-order valence-electron chi connectivity index (χ3n) is 3.21. The molecule has 0 aliphatic heterocycles. The van der Waals surface area contributed by atoms with Crippen LogP contribution < -0.4 is 10.6 Å². The molecule has 2 aromatic heterocycles. The predicted molar refractivity (Wildman–Crippen MR) is 90.7 cm³/mol. The van der Waals surface area contributed by atoms with Crippen LogP contribution in [0, 0.1) is 0 Å². The normalized spacial score (nSPS) is 10.4. The van der Waals surface area contributed by atoms with Crippen LogP contribution in [0.25, 0.3) is 0 Å². The average molecular weight is 389 g/mol. The van der Waals surface area contributed by atoms with Crippen LogP contribution in [0.1, 0.15) is 26.7 Å². The number of hydrogen-bond acceptors (Lipinski definition) is 4. The first kappa shape index (κ1) is 16.1. The average Bonchev–Trinajstić information content (AvgIpc) is 3.25. The monoisotopic (exact) mass is 388 g/mol. The van der Waals surface area contributed by atoms with E-state index in [0.29, 0.717) is 28.2 Å². The molecule has 0 bridgehead atoms. The molecule has 2 amide bonds. The minimum absolute atomic E-state index is 0.196. The van der Waals surface area contributed by atoms with E-state index in [4.69, 9.17) is 8.83 Å². The van der Waals surface area contributed by atoms with Gasteiger partial charge >= 0.3 is 0 Å². The molecule has 0 saturated heterocycles. The molecule has 0 aliphatic rings. The third kappa shape index (κ3) is 3.94. The van der Waals surface area contributed by atoms with Crippen LogP contribution in [-0.2, 0) is 6.54 Å². The fraction of sp³-hybridized carbons (Fsp3) is 0.0588. The van der Waals surface area contributed by atoms with Gasteiger partial charge in [0.15, 0.2) is 10.4 Å². The van der Waals surface area contributed by atoms with Crippen LogP contribution in [0.4, 0.5) is 5.69 Å². The van der Waals surface area contributed by atoms with E-state index >= 15 is 0 Å². The first-order valence-corrected chi connectivity index (χ1v) is 7.88. The lowest BCUT2D eigenvalue weighted by Crippen LogP contribution is -2.22. The van der Waals surface area contributed by atoms with E-state index in [-0.39, 0.29) is 17.6 Å². The Morgan fingerprint density at radius 1 is 1.00 bits per heavy atom. The largest absolute Gasteiger partial charge is 0.467 e. The molecule has 6 nitrogen and oxygen atoms in total. The van der Waals surface area contributed by atoms with Crippen LogP contribution >= 0.6 is 15.9 Å². The van der Waals surface area contributed by atoms with E-state index in [2.05, 4.69) is 26.6 Å². The van der Waals surface area contributed by atoms with Gasteiger partial charge in [-0.25, -0.2) is 0 Å². The van der Waals surface area contributed by atoms with E-state index < -0.39 is 0 Å². The van der Waals surface area contributed by atoms with Gasteiger partial charge in [0.25, 0.3) is 11.8 Å². The van der Waals surface area contributed by atoms with E-state index in [1.54, 1.807) is 54.8 Å². The van der Waals surface area contributed by atoms with Crippen LogP contribution in [0.15, 0.2) is 68.3 Å². The maximum atomic E-state index is 12.0. The van der Waals surface area contributed by atoms with E-state index in [9.17, 15) is 9.59 Å². The number of carbonyl (C=O) groups excluding carboxylic acids is 2. The number of benzene rings is 1. The van der Waals surface area contributed by atoms with Crippen molar-refractivity contribution in [2.45, 2.75) is 6.54 Å². The molecule has 0 radical (unpaired) electrons. The molecule has 2 N–H and O–H groups in total. The number of amides is 2. The maximum absolute atomic E-state index is 12.0. The Labute approximate surface area is 146 Å². The van der Waals surface area contributed by atoms with Crippen LogP contribution in [0.5, 0.6) is 0 Å². The summed E-state index contributed by atoms with van der Waals surface area (Å²) < 4.78 is 10.8. The quantitative estimate of drug-likeness (QED) is 0.695. The van der Waals surface area contributed by atoms with Gasteiger partial charge in [-0.1, -0.05) is 0 Å². The SMILES string of the molecule is O=C(NCc1ccco1)c1ccc(NC(=O)c2ccc(Br)o2)cc1. The number of carbonyl (C=O) groups is 2. The molecule has 1 aromatic carbocycles. The summed E-state index contributed by atoms with van der Waals surface area (Å²) in [5.41, 5.74) is 1.05. The summed E-state index contributed by atoms with van der Waals surface area (Å²) in [5.74, 6) is 0.286. The minimum Gasteiger partial charge on any atom is -0.467 e. The highest BCUT2D eigenvalue weighted by Gasteiger charge is 2.11. The minimum atomic E-state index is -0.365. The van der Waals surface area contributed by atoms with Gasteiger partial charge in [0, 0.05) is 11.3 Å². The zero-order valence-electron chi connectivity index (χ0n) is 12.4. The van der Waals surface area contributed by atoms with Crippen molar-refractivity contribution in [1.29, 1.82) is 0 Å². The third-order valence-corrected chi connectivity index (χ3v) is 3.63. The second kappa shape index (κ2) is 7.18. The van der Waals surface area contributed by atoms with Gasteiger partial charge in [0.2, 0.25) is 0 Å². The highest BCUT2D eigenvalue weighted by molar-refractivity contribution is 9.10. The van der Waals surface area contributed by atoms with Gasteiger partial charge in [-0.05, 0) is 64.5 Å². The van der Waals surface area contributed by atoms with E-state index in [0.717, 1.165) is 0 Å². The second-order valence-electron chi connectivity index (χ2n) is 4.90. The molecule has 0 spiro atoms. The van der Waals surface area contributed by atoms with E-state index in [1.807, 2.05) is 0 Å². The first-order valence-electron chi connectivity index (χ1n) is 7.09. The fourth-order valence-electron chi connectivity index (χ4n) is 2.02. The summed E-state index contributed by atoms with van der Waals surface area (Å²) in [6, 6.07) is 13.3. The summed E-state index contributed by atoms with van der Waals surface area (Å²) in [5, 5.41) is 5.44. The number of nitrogens with one attached hydrogen (secondary N) is 2. The van der Waals surface area contributed by atoms with Gasteiger partial charge in [-0.15, -0.1) is 0 Å². The van der Waals surface area contributed by atoms with Crippen molar-refractivity contribution in [3.05, 3.63) is 76.5 Å². The molecule has 0 fully saturated rings. The summed E-state index contributed by atoms with van der Waals surface area (Å²) in [6.07, 6.45) is 1.55. The van der Waals surface area contributed by atoms with Crippen LogP contribution in [-0.4, -0.2) is 11.8 Å². The Kier molecular flexibility index (Phi) is 4.81. The van der Waals surface area contributed by atoms with Crippen molar-refractivity contribution in [3.8, 4) is 0 Å². The highest BCUT2D eigenvalue weighted by atomic mass is 79.9. The van der Waals surface area contributed by atoms with Gasteiger partial charge in [0.1, 0.15) is 5.76 Å². The zero-order valence-corrected chi connectivity index (χ0v) is 14.0. The molecule has 0 unspecified atom stereocenters. The summed E-state index contributed by atoms with van der Waals surface area (Å²) in [7, 11) is 0. The molecule has 24 heavy (non-hydrogen) atoms. The van der Waals surface area contributed by atoms with Crippen molar-refractivity contribution in [2.75, 3.05) is 5.32 Å². The number of halogens is 1.